The molecule has 7 heteroatoms. The van der Waals surface area contributed by atoms with Crippen molar-refractivity contribution in [1.29, 1.82) is 0 Å². The third kappa shape index (κ3) is 2.07. The Labute approximate surface area is 135 Å². The van der Waals surface area contributed by atoms with Crippen molar-refractivity contribution >= 4 is 38.9 Å². The molecule has 0 aliphatic heterocycles. The Kier molecular flexibility index (Phi) is 3.09. The van der Waals surface area contributed by atoms with Gasteiger partial charge in [-0.25, -0.2) is 9.50 Å². The van der Waals surface area contributed by atoms with Crippen LogP contribution >= 0.6 is 22.9 Å². The van der Waals surface area contributed by atoms with E-state index in [2.05, 4.69) is 17.0 Å². The van der Waals surface area contributed by atoms with E-state index >= 15 is 0 Å². The van der Waals surface area contributed by atoms with Crippen LogP contribution in [0.3, 0.4) is 0 Å². The molecule has 0 aliphatic carbocycles. The molecule has 0 saturated heterocycles. The van der Waals surface area contributed by atoms with Crippen molar-refractivity contribution in [2.75, 3.05) is 7.11 Å². The minimum Gasteiger partial charge on any atom is -0.495 e. The summed E-state index contributed by atoms with van der Waals surface area (Å²) in [5.74, 6) is 1.28. The van der Waals surface area contributed by atoms with Crippen LogP contribution in [0.2, 0.25) is 5.02 Å². The zero-order chi connectivity index (χ0) is 15.3. The van der Waals surface area contributed by atoms with E-state index in [1.165, 1.54) is 0 Å². The molecule has 1 aromatic carbocycles. The van der Waals surface area contributed by atoms with E-state index in [4.69, 9.17) is 20.8 Å². The predicted molar refractivity (Wildman–Crippen MR) is 87.0 cm³/mol. The third-order valence-corrected chi connectivity index (χ3v) is 4.79. The molecule has 0 fully saturated rings. The first-order chi connectivity index (χ1) is 10.7. The van der Waals surface area contributed by atoms with Crippen LogP contribution in [-0.4, -0.2) is 21.7 Å². The summed E-state index contributed by atoms with van der Waals surface area (Å²) in [7, 11) is 1.58. The van der Waals surface area contributed by atoms with Crippen LogP contribution in [-0.2, 0) is 6.42 Å². The molecule has 4 rings (SSSR count). The van der Waals surface area contributed by atoms with Crippen LogP contribution in [0.4, 0.5) is 0 Å². The quantitative estimate of drug-likeness (QED) is 0.556. The maximum Gasteiger partial charge on any atom is 0.212 e. The van der Waals surface area contributed by atoms with Crippen molar-refractivity contribution < 1.29 is 9.15 Å². The van der Waals surface area contributed by atoms with Crippen molar-refractivity contribution in [1.82, 2.24) is 14.6 Å². The summed E-state index contributed by atoms with van der Waals surface area (Å²) in [6.45, 7) is 2.08. The first-order valence-electron chi connectivity index (χ1n) is 6.80. The van der Waals surface area contributed by atoms with E-state index in [0.29, 0.717) is 16.5 Å². The molecule has 0 bridgehead atoms. The van der Waals surface area contributed by atoms with Crippen molar-refractivity contribution in [3.63, 3.8) is 0 Å². The fourth-order valence-electron chi connectivity index (χ4n) is 2.33. The number of methoxy groups -OCH3 is 1. The predicted octanol–water partition coefficient (Wildman–Crippen LogP) is 4.43. The molecule has 22 heavy (non-hydrogen) atoms. The zero-order valence-corrected chi connectivity index (χ0v) is 13.5. The fraction of sp³-hybridized carbons (Fsp3) is 0.200. The zero-order valence-electron chi connectivity index (χ0n) is 12.0. The van der Waals surface area contributed by atoms with Crippen LogP contribution in [0.1, 0.15) is 11.9 Å². The second-order valence-corrected chi connectivity index (χ2v) is 6.29. The van der Waals surface area contributed by atoms with Gasteiger partial charge < -0.3 is 9.15 Å². The maximum absolute atomic E-state index is 6.14. The number of nitrogens with zero attached hydrogens (tertiary/aromatic N) is 3. The molecule has 3 aromatic heterocycles. The monoisotopic (exact) mass is 333 g/mol. The lowest BCUT2D eigenvalue weighted by atomic mass is 10.2. The van der Waals surface area contributed by atoms with Crippen molar-refractivity contribution in [2.24, 2.45) is 0 Å². The molecule has 3 heterocycles. The summed E-state index contributed by atoms with van der Waals surface area (Å²) in [4.78, 5) is 5.44. The van der Waals surface area contributed by atoms with Gasteiger partial charge in [-0.05, 0) is 18.6 Å². The van der Waals surface area contributed by atoms with Gasteiger partial charge in [0.15, 0.2) is 5.76 Å². The molecule has 0 spiro atoms. The minimum atomic E-state index is 0.558. The third-order valence-electron chi connectivity index (χ3n) is 3.43. The molecule has 0 radical (unpaired) electrons. The van der Waals surface area contributed by atoms with Gasteiger partial charge in [0, 0.05) is 11.5 Å². The number of imidazole rings is 1. The number of hydrogen-bond donors (Lipinski definition) is 0. The Hall–Kier alpha value is -2.05. The summed E-state index contributed by atoms with van der Waals surface area (Å²) in [6, 6.07) is 5.54. The van der Waals surface area contributed by atoms with Gasteiger partial charge in [0.2, 0.25) is 4.96 Å². The molecular weight excluding hydrogens is 322 g/mol. The SMILES string of the molecule is CCc1nn2cc(-c3cc4cc(Cl)c(OC)cc4o3)nc2s1. The Bertz CT molecular complexity index is 954. The average Bonchev–Trinajstić information content (AvgIpc) is 3.17. The van der Waals surface area contributed by atoms with Gasteiger partial charge in [0.1, 0.15) is 22.0 Å². The van der Waals surface area contributed by atoms with Crippen LogP contribution in [0, 0.1) is 0 Å². The minimum absolute atomic E-state index is 0.558. The maximum atomic E-state index is 6.14. The second kappa shape index (κ2) is 5.00. The first kappa shape index (κ1) is 13.6. The van der Waals surface area contributed by atoms with Crippen molar-refractivity contribution in [3.05, 3.63) is 34.4 Å². The number of furan rings is 1. The lowest BCUT2D eigenvalue weighted by Crippen LogP contribution is -1.83. The molecule has 0 atom stereocenters. The van der Waals surface area contributed by atoms with Crippen molar-refractivity contribution in [2.45, 2.75) is 13.3 Å². The van der Waals surface area contributed by atoms with E-state index in [-0.39, 0.29) is 0 Å². The van der Waals surface area contributed by atoms with Gasteiger partial charge in [0.05, 0.1) is 18.3 Å². The van der Waals surface area contributed by atoms with E-state index in [9.17, 15) is 0 Å². The molecule has 0 unspecified atom stereocenters. The summed E-state index contributed by atoms with van der Waals surface area (Å²) in [5, 5.41) is 7.00. The van der Waals surface area contributed by atoms with Gasteiger partial charge in [-0.3, -0.25) is 0 Å². The summed E-state index contributed by atoms with van der Waals surface area (Å²) >= 11 is 7.73. The van der Waals surface area contributed by atoms with Gasteiger partial charge in [-0.2, -0.15) is 5.10 Å². The fourth-order valence-corrected chi connectivity index (χ4v) is 3.39. The number of halogens is 1. The standard InChI is InChI=1S/C15H12ClN3O2S/c1-3-14-18-19-7-10(17-15(19)22-14)13-5-8-4-9(16)12(20-2)6-11(8)21-13/h4-7H,3H2,1-2H3. The molecule has 112 valence electrons. The van der Waals surface area contributed by atoms with E-state index < -0.39 is 0 Å². The highest BCUT2D eigenvalue weighted by atomic mass is 35.5. The highest BCUT2D eigenvalue weighted by molar-refractivity contribution is 7.16. The molecule has 5 nitrogen and oxygen atoms in total. The summed E-state index contributed by atoms with van der Waals surface area (Å²) in [5.41, 5.74) is 1.47. The van der Waals surface area contributed by atoms with Crippen LogP contribution < -0.4 is 4.74 Å². The Morgan fingerprint density at radius 2 is 2.23 bits per heavy atom. The van der Waals surface area contributed by atoms with E-state index in [1.807, 2.05) is 18.3 Å². The number of aromatic nitrogens is 3. The second-order valence-electron chi connectivity index (χ2n) is 4.84. The van der Waals surface area contributed by atoms with Gasteiger partial charge >= 0.3 is 0 Å². The molecule has 4 aromatic rings. The average molecular weight is 334 g/mol. The Balaban J connectivity index is 1.82. The number of aryl methyl sites for hydroxylation is 1. The first-order valence-corrected chi connectivity index (χ1v) is 8.00. The number of ether oxygens (including phenoxy) is 1. The van der Waals surface area contributed by atoms with Gasteiger partial charge in [0.25, 0.3) is 0 Å². The van der Waals surface area contributed by atoms with Crippen LogP contribution in [0.25, 0.3) is 27.4 Å². The Morgan fingerprint density at radius 3 is 2.95 bits per heavy atom. The molecule has 0 N–H and O–H groups in total. The van der Waals surface area contributed by atoms with Crippen LogP contribution in [0.5, 0.6) is 5.75 Å². The largest absolute Gasteiger partial charge is 0.495 e. The number of fused-ring (bicyclic) bond motifs is 2. The molecule has 0 aliphatic rings. The smallest absolute Gasteiger partial charge is 0.212 e. The summed E-state index contributed by atoms with van der Waals surface area (Å²) in [6.07, 6.45) is 2.79. The van der Waals surface area contributed by atoms with E-state index in [1.54, 1.807) is 29.0 Å². The molecule has 0 saturated carbocycles. The topological polar surface area (TPSA) is 52.6 Å². The Morgan fingerprint density at radius 1 is 1.36 bits per heavy atom. The molecule has 0 amide bonds. The lowest BCUT2D eigenvalue weighted by molar-refractivity contribution is 0.415. The highest BCUT2D eigenvalue weighted by Gasteiger charge is 2.14. The van der Waals surface area contributed by atoms with Gasteiger partial charge in [-0.15, -0.1) is 0 Å². The van der Waals surface area contributed by atoms with Crippen LogP contribution in [0.15, 0.2) is 28.8 Å². The highest BCUT2D eigenvalue weighted by Crippen LogP contribution is 2.34. The normalized spacial score (nSPS) is 11.6. The number of hydrogen-bond acceptors (Lipinski definition) is 5. The number of rotatable bonds is 3. The van der Waals surface area contributed by atoms with Crippen molar-refractivity contribution in [3.8, 4) is 17.2 Å². The summed E-state index contributed by atoms with van der Waals surface area (Å²) < 4.78 is 12.9. The van der Waals surface area contributed by atoms with E-state index in [0.717, 1.165) is 33.1 Å². The molecular formula is C15H12ClN3O2S. The number of benzene rings is 1. The van der Waals surface area contributed by atoms with Gasteiger partial charge in [-0.1, -0.05) is 29.9 Å². The lowest BCUT2D eigenvalue weighted by Gasteiger charge is -2.00.